The van der Waals surface area contributed by atoms with E-state index in [2.05, 4.69) is 25.2 Å². The van der Waals surface area contributed by atoms with E-state index in [0.29, 0.717) is 17.9 Å². The highest BCUT2D eigenvalue weighted by atomic mass is 16.3. The number of aromatic nitrogens is 2. The number of benzene rings is 1. The van der Waals surface area contributed by atoms with Crippen molar-refractivity contribution >= 4 is 23.4 Å². The molecule has 1 aromatic carbocycles. The predicted octanol–water partition coefficient (Wildman–Crippen LogP) is 2.56. The minimum Gasteiger partial charge on any atom is -0.508 e. The third-order valence-electron chi connectivity index (χ3n) is 2.60. The van der Waals surface area contributed by atoms with E-state index in [9.17, 15) is 10.2 Å². The van der Waals surface area contributed by atoms with Gasteiger partial charge in [-0.25, -0.2) is 9.97 Å². The van der Waals surface area contributed by atoms with E-state index in [4.69, 9.17) is 0 Å². The summed E-state index contributed by atoms with van der Waals surface area (Å²) in [7, 11) is 0. The van der Waals surface area contributed by atoms with E-state index in [0.717, 1.165) is 5.69 Å². The third kappa shape index (κ3) is 2.13. The molecule has 1 aliphatic heterocycles. The number of azo groups is 1. The lowest BCUT2D eigenvalue weighted by molar-refractivity contribution is 0.451. The van der Waals surface area contributed by atoms with Gasteiger partial charge in [0.05, 0.1) is 5.69 Å². The van der Waals surface area contributed by atoms with Crippen molar-refractivity contribution in [2.75, 3.05) is 0 Å². The molecule has 0 atom stereocenters. The van der Waals surface area contributed by atoms with E-state index in [1.54, 1.807) is 6.21 Å². The van der Waals surface area contributed by atoms with Crippen molar-refractivity contribution in [1.29, 1.82) is 0 Å². The Hall–Kier alpha value is -2.83. The first-order valence-electron chi connectivity index (χ1n) is 5.54. The normalized spacial score (nSPS) is 13.1. The number of phenols is 2. The van der Waals surface area contributed by atoms with Gasteiger partial charge >= 0.3 is 0 Å². The van der Waals surface area contributed by atoms with Crippen LogP contribution in [0.2, 0.25) is 0 Å². The molecule has 1 aromatic heterocycles. The molecule has 1 aliphatic rings. The van der Waals surface area contributed by atoms with Crippen LogP contribution >= 0.6 is 0 Å². The zero-order valence-corrected chi connectivity index (χ0v) is 9.72. The smallest absolute Gasteiger partial charge is 0.203 e. The fourth-order valence-corrected chi connectivity index (χ4v) is 1.68. The number of nitrogens with zero attached hydrogens (tertiary/aromatic N) is 5. The van der Waals surface area contributed by atoms with E-state index in [-0.39, 0.29) is 17.2 Å². The first kappa shape index (κ1) is 11.3. The van der Waals surface area contributed by atoms with Gasteiger partial charge in [-0.05, 0) is 12.1 Å². The molecule has 0 fully saturated rings. The first-order valence-corrected chi connectivity index (χ1v) is 5.54. The fourth-order valence-electron chi connectivity index (χ4n) is 1.68. The number of hydrogen-bond donors (Lipinski definition) is 2. The van der Waals surface area contributed by atoms with Gasteiger partial charge in [-0.2, -0.15) is 0 Å². The topological polar surface area (TPSA) is 103 Å². The molecule has 0 saturated heterocycles. The number of rotatable bonds is 2. The van der Waals surface area contributed by atoms with Crippen molar-refractivity contribution in [3.8, 4) is 11.5 Å². The Bertz CT molecular complexity index is 697. The first-order chi connectivity index (χ1) is 9.24. The molecule has 2 N–H and O–H groups in total. The number of aromatic hydroxyl groups is 2. The van der Waals surface area contributed by atoms with Crippen LogP contribution in [0, 0.1) is 0 Å². The van der Waals surface area contributed by atoms with Gasteiger partial charge in [0.15, 0.2) is 0 Å². The van der Waals surface area contributed by atoms with Crippen molar-refractivity contribution in [3.05, 3.63) is 30.2 Å². The maximum atomic E-state index is 9.59. The second-order valence-electron chi connectivity index (χ2n) is 3.88. The van der Waals surface area contributed by atoms with Crippen LogP contribution in [-0.4, -0.2) is 26.4 Å². The highest BCUT2D eigenvalue weighted by molar-refractivity contribution is 5.79. The molecule has 0 amide bonds. The van der Waals surface area contributed by atoms with Gasteiger partial charge in [0.1, 0.15) is 29.2 Å². The molecule has 0 radical (unpaired) electrons. The lowest BCUT2D eigenvalue weighted by Crippen LogP contribution is -1.86. The number of aliphatic imine (C=N–C) groups is 1. The Morgan fingerprint density at radius 3 is 2.84 bits per heavy atom. The van der Waals surface area contributed by atoms with E-state index in [1.807, 2.05) is 0 Å². The van der Waals surface area contributed by atoms with Gasteiger partial charge in [-0.3, -0.25) is 4.99 Å². The molecular weight excluding hydrogens is 246 g/mol. The minimum absolute atomic E-state index is 0.0380. The van der Waals surface area contributed by atoms with Gasteiger partial charge < -0.3 is 10.2 Å². The minimum atomic E-state index is -0.155. The summed E-state index contributed by atoms with van der Waals surface area (Å²) in [6.45, 7) is 0. The van der Waals surface area contributed by atoms with Crippen LogP contribution in [0.4, 0.5) is 17.2 Å². The van der Waals surface area contributed by atoms with Crippen molar-refractivity contribution < 1.29 is 10.2 Å². The highest BCUT2D eigenvalue weighted by Crippen LogP contribution is 2.34. The summed E-state index contributed by atoms with van der Waals surface area (Å²) >= 11 is 0. The molecular formula is C12H9N5O2. The average molecular weight is 255 g/mol. The SMILES string of the molecule is Oc1ccc(N=Nc2ncnc3c2N=CC3)c(O)c1. The third-order valence-corrected chi connectivity index (χ3v) is 2.60. The van der Waals surface area contributed by atoms with Crippen LogP contribution in [-0.2, 0) is 6.42 Å². The molecule has 7 nitrogen and oxygen atoms in total. The van der Waals surface area contributed by atoms with Gasteiger partial charge in [-0.1, -0.05) is 0 Å². The quantitative estimate of drug-likeness (QED) is 0.804. The molecule has 0 unspecified atom stereocenters. The Labute approximate surface area is 108 Å². The molecule has 7 heteroatoms. The van der Waals surface area contributed by atoms with Crippen molar-refractivity contribution in [2.45, 2.75) is 6.42 Å². The summed E-state index contributed by atoms with van der Waals surface area (Å²) in [5.41, 5.74) is 1.65. The summed E-state index contributed by atoms with van der Waals surface area (Å²) in [5, 5.41) is 26.6. The standard InChI is InChI=1S/C12H9N5O2/c18-7-1-2-8(10(19)5-7)16-17-12-11-9(3-4-13-11)14-6-15-12/h1-2,4-6,18-19H,3H2. The number of phenolic OH excluding ortho intramolecular Hbond substituents is 2. The van der Waals surface area contributed by atoms with Crippen LogP contribution in [0.15, 0.2) is 39.7 Å². The monoisotopic (exact) mass is 255 g/mol. The summed E-state index contributed by atoms with van der Waals surface area (Å²) in [4.78, 5) is 12.2. The summed E-state index contributed by atoms with van der Waals surface area (Å²) in [6, 6.07) is 4.06. The maximum absolute atomic E-state index is 9.59. The van der Waals surface area contributed by atoms with Crippen LogP contribution < -0.4 is 0 Å². The molecule has 0 spiro atoms. The molecule has 0 saturated carbocycles. The van der Waals surface area contributed by atoms with Crippen LogP contribution in [0.1, 0.15) is 5.69 Å². The summed E-state index contributed by atoms with van der Waals surface area (Å²) < 4.78 is 0. The van der Waals surface area contributed by atoms with Gasteiger partial charge in [0.2, 0.25) is 5.82 Å². The largest absolute Gasteiger partial charge is 0.508 e. The molecule has 2 aromatic rings. The second kappa shape index (κ2) is 4.45. The highest BCUT2D eigenvalue weighted by Gasteiger charge is 2.13. The average Bonchev–Trinajstić information content (AvgIpc) is 2.86. The maximum Gasteiger partial charge on any atom is 0.203 e. The van der Waals surface area contributed by atoms with Crippen LogP contribution in [0.25, 0.3) is 0 Å². The molecule has 0 bridgehead atoms. The Balaban J connectivity index is 1.95. The Morgan fingerprint density at radius 2 is 2.00 bits per heavy atom. The number of hydrogen-bond acceptors (Lipinski definition) is 7. The predicted molar refractivity (Wildman–Crippen MR) is 67.8 cm³/mol. The van der Waals surface area contributed by atoms with Crippen molar-refractivity contribution in [1.82, 2.24) is 9.97 Å². The van der Waals surface area contributed by atoms with Crippen molar-refractivity contribution in [2.24, 2.45) is 15.2 Å². The molecule has 2 heterocycles. The van der Waals surface area contributed by atoms with Crippen LogP contribution in [0.3, 0.4) is 0 Å². The van der Waals surface area contributed by atoms with E-state index < -0.39 is 0 Å². The molecule has 94 valence electrons. The summed E-state index contributed by atoms with van der Waals surface area (Å²) in [5.74, 6) is 0.160. The molecule has 0 aliphatic carbocycles. The van der Waals surface area contributed by atoms with Crippen molar-refractivity contribution in [3.63, 3.8) is 0 Å². The molecule has 3 rings (SSSR count). The van der Waals surface area contributed by atoms with Gasteiger partial charge in [0.25, 0.3) is 0 Å². The number of fused-ring (bicyclic) bond motifs is 1. The second-order valence-corrected chi connectivity index (χ2v) is 3.88. The Kier molecular flexibility index (Phi) is 2.64. The molecule has 19 heavy (non-hydrogen) atoms. The van der Waals surface area contributed by atoms with E-state index in [1.165, 1.54) is 24.5 Å². The van der Waals surface area contributed by atoms with Gasteiger partial charge in [-0.15, -0.1) is 10.2 Å². The van der Waals surface area contributed by atoms with E-state index >= 15 is 0 Å². The lowest BCUT2D eigenvalue weighted by atomic mass is 10.3. The fraction of sp³-hybridized carbons (Fsp3) is 0.0833. The van der Waals surface area contributed by atoms with Crippen LogP contribution in [0.5, 0.6) is 11.5 Å². The summed E-state index contributed by atoms with van der Waals surface area (Å²) in [6.07, 6.45) is 3.79. The Morgan fingerprint density at radius 1 is 1.11 bits per heavy atom. The van der Waals surface area contributed by atoms with Gasteiger partial charge in [0, 0.05) is 18.7 Å². The zero-order valence-electron chi connectivity index (χ0n) is 9.72. The lowest BCUT2D eigenvalue weighted by Gasteiger charge is -2.00. The zero-order chi connectivity index (χ0) is 13.2.